The van der Waals surface area contributed by atoms with Gasteiger partial charge in [-0.2, -0.15) is 0 Å². The van der Waals surface area contributed by atoms with Gasteiger partial charge in [0.2, 0.25) is 0 Å². The van der Waals surface area contributed by atoms with Gasteiger partial charge in [0.05, 0.1) is 6.61 Å². The highest BCUT2D eigenvalue weighted by Gasteiger charge is 2.20. The second-order valence-corrected chi connectivity index (χ2v) is 5.57. The van der Waals surface area contributed by atoms with E-state index in [1.54, 1.807) is 7.11 Å². The van der Waals surface area contributed by atoms with Gasteiger partial charge in [0.1, 0.15) is 5.75 Å². The van der Waals surface area contributed by atoms with Crippen molar-refractivity contribution in [2.24, 2.45) is 5.92 Å². The minimum Gasteiger partial charge on any atom is -0.494 e. The van der Waals surface area contributed by atoms with E-state index < -0.39 is 0 Å². The summed E-state index contributed by atoms with van der Waals surface area (Å²) in [4.78, 5) is 2.56. The molecule has 1 atom stereocenters. The third-order valence-electron chi connectivity index (χ3n) is 4.00. The number of para-hydroxylation sites is 1. The summed E-state index contributed by atoms with van der Waals surface area (Å²) in [6.45, 7) is 7.04. The minimum atomic E-state index is 0.730. The molecule has 0 amide bonds. The quantitative estimate of drug-likeness (QED) is 0.763. The summed E-state index contributed by atoms with van der Waals surface area (Å²) in [5.74, 6) is 1.82. The molecule has 1 aliphatic rings. The average Bonchev–Trinajstić information content (AvgIpc) is 2.48. The molecule has 1 aliphatic heterocycles. The van der Waals surface area contributed by atoms with Crippen LogP contribution in [0.25, 0.3) is 0 Å². The van der Waals surface area contributed by atoms with Gasteiger partial charge in [0, 0.05) is 32.4 Å². The molecule has 0 spiro atoms. The summed E-state index contributed by atoms with van der Waals surface area (Å²) >= 11 is 0. The summed E-state index contributed by atoms with van der Waals surface area (Å²) in [6, 6.07) is 8.41. The van der Waals surface area contributed by atoms with E-state index in [9.17, 15) is 0 Å². The van der Waals surface area contributed by atoms with Crippen LogP contribution in [-0.4, -0.2) is 38.3 Å². The molecule has 0 saturated carbocycles. The predicted molar refractivity (Wildman–Crippen MR) is 82.1 cm³/mol. The zero-order valence-electron chi connectivity index (χ0n) is 12.8. The topological polar surface area (TPSA) is 21.7 Å². The maximum Gasteiger partial charge on any atom is 0.123 e. The summed E-state index contributed by atoms with van der Waals surface area (Å²) < 4.78 is 10.9. The summed E-state index contributed by atoms with van der Waals surface area (Å²) in [6.07, 6.45) is 3.82. The highest BCUT2D eigenvalue weighted by molar-refractivity contribution is 5.33. The first-order valence-corrected chi connectivity index (χ1v) is 7.75. The SMILES string of the molecule is CCOc1ccccc1CN1CCCC(CCOC)C1. The summed E-state index contributed by atoms with van der Waals surface area (Å²) in [5, 5.41) is 0. The first-order chi connectivity index (χ1) is 9.83. The van der Waals surface area contributed by atoms with Crippen molar-refractivity contribution in [3.8, 4) is 5.75 Å². The highest BCUT2D eigenvalue weighted by atomic mass is 16.5. The van der Waals surface area contributed by atoms with E-state index in [1.807, 2.05) is 13.0 Å². The van der Waals surface area contributed by atoms with Gasteiger partial charge in [0.15, 0.2) is 0 Å². The van der Waals surface area contributed by atoms with Crippen LogP contribution in [-0.2, 0) is 11.3 Å². The number of nitrogens with zero attached hydrogens (tertiary/aromatic N) is 1. The fraction of sp³-hybridized carbons (Fsp3) is 0.647. The minimum absolute atomic E-state index is 0.730. The van der Waals surface area contributed by atoms with Crippen LogP contribution in [0.2, 0.25) is 0 Å². The Morgan fingerprint density at radius 2 is 2.15 bits per heavy atom. The fourth-order valence-electron chi connectivity index (χ4n) is 2.99. The molecule has 0 bridgehead atoms. The average molecular weight is 277 g/mol. The van der Waals surface area contributed by atoms with E-state index in [2.05, 4.69) is 23.1 Å². The van der Waals surface area contributed by atoms with Gasteiger partial charge in [-0.1, -0.05) is 18.2 Å². The Balaban J connectivity index is 1.92. The molecule has 1 aromatic rings. The molecule has 2 rings (SSSR count). The monoisotopic (exact) mass is 277 g/mol. The zero-order chi connectivity index (χ0) is 14.2. The molecule has 3 nitrogen and oxygen atoms in total. The predicted octanol–water partition coefficient (Wildman–Crippen LogP) is 3.33. The van der Waals surface area contributed by atoms with Crippen LogP contribution in [0.15, 0.2) is 24.3 Å². The second kappa shape index (κ2) is 8.28. The molecule has 0 radical (unpaired) electrons. The van der Waals surface area contributed by atoms with E-state index in [1.165, 1.54) is 37.9 Å². The Morgan fingerprint density at radius 3 is 2.95 bits per heavy atom. The van der Waals surface area contributed by atoms with Gasteiger partial charge in [-0.25, -0.2) is 0 Å². The molecule has 1 heterocycles. The molecule has 112 valence electrons. The van der Waals surface area contributed by atoms with E-state index in [0.29, 0.717) is 0 Å². The maximum atomic E-state index is 5.72. The van der Waals surface area contributed by atoms with Crippen LogP contribution >= 0.6 is 0 Å². The second-order valence-electron chi connectivity index (χ2n) is 5.57. The molecular weight excluding hydrogens is 250 g/mol. The number of hydrogen-bond acceptors (Lipinski definition) is 3. The van der Waals surface area contributed by atoms with Crippen LogP contribution < -0.4 is 4.74 Å². The maximum absolute atomic E-state index is 5.72. The lowest BCUT2D eigenvalue weighted by molar-refractivity contribution is 0.122. The van der Waals surface area contributed by atoms with Crippen molar-refractivity contribution >= 4 is 0 Å². The number of likely N-dealkylation sites (tertiary alicyclic amines) is 1. The first kappa shape index (κ1) is 15.3. The molecule has 3 heteroatoms. The Kier molecular flexibility index (Phi) is 6.34. The molecular formula is C17H27NO2. The molecule has 0 aliphatic carbocycles. The summed E-state index contributed by atoms with van der Waals surface area (Å²) in [7, 11) is 1.79. The van der Waals surface area contributed by atoms with Gasteiger partial charge in [-0.3, -0.25) is 4.90 Å². The lowest BCUT2D eigenvalue weighted by atomic mass is 9.95. The smallest absolute Gasteiger partial charge is 0.123 e. The Bertz CT molecular complexity index is 394. The molecule has 1 fully saturated rings. The van der Waals surface area contributed by atoms with Crippen LogP contribution in [0, 0.1) is 5.92 Å². The number of methoxy groups -OCH3 is 1. The number of ether oxygens (including phenoxy) is 2. The van der Waals surface area contributed by atoms with E-state index >= 15 is 0 Å². The van der Waals surface area contributed by atoms with Crippen LogP contribution in [0.3, 0.4) is 0 Å². The van der Waals surface area contributed by atoms with Crippen molar-refractivity contribution in [2.45, 2.75) is 32.7 Å². The Labute approximate surface area is 122 Å². The van der Waals surface area contributed by atoms with Gasteiger partial charge >= 0.3 is 0 Å². The van der Waals surface area contributed by atoms with E-state index in [4.69, 9.17) is 9.47 Å². The van der Waals surface area contributed by atoms with Crippen molar-refractivity contribution in [2.75, 3.05) is 33.4 Å². The van der Waals surface area contributed by atoms with Crippen molar-refractivity contribution in [3.05, 3.63) is 29.8 Å². The number of rotatable bonds is 7. The number of hydrogen-bond donors (Lipinski definition) is 0. The molecule has 0 N–H and O–H groups in total. The standard InChI is InChI=1S/C17H27NO2/c1-3-20-17-9-5-4-8-16(17)14-18-11-6-7-15(13-18)10-12-19-2/h4-5,8-9,15H,3,6-7,10-14H2,1-2H3. The third kappa shape index (κ3) is 4.50. The molecule has 1 saturated heterocycles. The van der Waals surface area contributed by atoms with Gasteiger partial charge < -0.3 is 9.47 Å². The molecule has 20 heavy (non-hydrogen) atoms. The molecule has 0 aromatic heterocycles. The van der Waals surface area contributed by atoms with Gasteiger partial charge in [0.25, 0.3) is 0 Å². The van der Waals surface area contributed by atoms with Crippen molar-refractivity contribution in [3.63, 3.8) is 0 Å². The van der Waals surface area contributed by atoms with Crippen LogP contribution in [0.4, 0.5) is 0 Å². The third-order valence-corrected chi connectivity index (χ3v) is 4.00. The normalized spacial score (nSPS) is 20.0. The van der Waals surface area contributed by atoms with E-state index in [-0.39, 0.29) is 0 Å². The van der Waals surface area contributed by atoms with Crippen molar-refractivity contribution in [1.82, 2.24) is 4.90 Å². The number of benzene rings is 1. The number of piperidine rings is 1. The zero-order valence-corrected chi connectivity index (χ0v) is 12.8. The summed E-state index contributed by atoms with van der Waals surface area (Å²) in [5.41, 5.74) is 1.31. The van der Waals surface area contributed by atoms with Crippen molar-refractivity contribution in [1.29, 1.82) is 0 Å². The van der Waals surface area contributed by atoms with Crippen molar-refractivity contribution < 1.29 is 9.47 Å². The van der Waals surface area contributed by atoms with E-state index in [0.717, 1.165) is 31.4 Å². The van der Waals surface area contributed by atoms with Gasteiger partial charge in [-0.15, -0.1) is 0 Å². The lowest BCUT2D eigenvalue weighted by Crippen LogP contribution is -2.35. The highest BCUT2D eigenvalue weighted by Crippen LogP contribution is 2.24. The Hall–Kier alpha value is -1.06. The largest absolute Gasteiger partial charge is 0.494 e. The van der Waals surface area contributed by atoms with Crippen LogP contribution in [0.5, 0.6) is 5.75 Å². The Morgan fingerprint density at radius 1 is 1.30 bits per heavy atom. The lowest BCUT2D eigenvalue weighted by Gasteiger charge is -2.33. The first-order valence-electron chi connectivity index (χ1n) is 7.75. The molecule has 1 unspecified atom stereocenters. The van der Waals surface area contributed by atoms with Gasteiger partial charge in [-0.05, 0) is 44.7 Å². The van der Waals surface area contributed by atoms with Crippen LogP contribution in [0.1, 0.15) is 31.7 Å². The molecule has 1 aromatic carbocycles. The fourth-order valence-corrected chi connectivity index (χ4v) is 2.99.